The SMILES string of the molecule is N#[N+]c1cccc(C(=O)O)c1C(=O)O. The molecule has 0 radical (unpaired) electrons. The lowest BCUT2D eigenvalue weighted by Gasteiger charge is -1.96. The van der Waals surface area contributed by atoms with Gasteiger partial charge in [0.05, 0.1) is 5.56 Å². The van der Waals surface area contributed by atoms with Gasteiger partial charge in [-0.2, -0.15) is 0 Å². The van der Waals surface area contributed by atoms with E-state index >= 15 is 0 Å². The molecule has 6 heteroatoms. The summed E-state index contributed by atoms with van der Waals surface area (Å²) >= 11 is 0. The Morgan fingerprint density at radius 2 is 1.86 bits per heavy atom. The Morgan fingerprint density at radius 3 is 2.29 bits per heavy atom. The smallest absolute Gasteiger partial charge is 0.400 e. The molecule has 14 heavy (non-hydrogen) atoms. The standard InChI is InChI=1S/C8H4N2O4/c9-10-5-3-1-2-4(7(11)12)6(5)8(13)14/h1-3H,(H-,11,12,13,14)/p+1. The highest BCUT2D eigenvalue weighted by atomic mass is 16.4. The highest BCUT2D eigenvalue weighted by Gasteiger charge is 2.26. The van der Waals surface area contributed by atoms with Gasteiger partial charge in [-0.3, -0.25) is 0 Å². The minimum Gasteiger partial charge on any atom is -0.478 e. The Balaban J connectivity index is 3.53. The van der Waals surface area contributed by atoms with Gasteiger partial charge in [0.15, 0.2) is 10.5 Å². The van der Waals surface area contributed by atoms with Gasteiger partial charge in [-0.15, -0.1) is 0 Å². The number of carboxylic acid groups (broad SMARTS) is 2. The minimum absolute atomic E-state index is 0.280. The lowest BCUT2D eigenvalue weighted by molar-refractivity contribution is 0.0652. The average molecular weight is 193 g/mol. The van der Waals surface area contributed by atoms with E-state index in [9.17, 15) is 9.59 Å². The molecule has 0 unspecified atom stereocenters. The van der Waals surface area contributed by atoms with E-state index in [2.05, 4.69) is 4.98 Å². The Kier molecular flexibility index (Phi) is 2.44. The molecule has 1 aromatic carbocycles. The second-order valence-electron chi connectivity index (χ2n) is 2.41. The van der Waals surface area contributed by atoms with Crippen molar-refractivity contribution in [1.29, 1.82) is 5.39 Å². The van der Waals surface area contributed by atoms with E-state index in [1.54, 1.807) is 0 Å². The molecule has 0 aliphatic heterocycles. The Morgan fingerprint density at radius 1 is 1.21 bits per heavy atom. The van der Waals surface area contributed by atoms with Gasteiger partial charge in [-0.25, -0.2) is 9.59 Å². The maximum Gasteiger partial charge on any atom is 0.400 e. The quantitative estimate of drug-likeness (QED) is 0.693. The minimum atomic E-state index is -1.45. The second-order valence-corrected chi connectivity index (χ2v) is 2.41. The lowest BCUT2D eigenvalue weighted by atomic mass is 10.1. The molecule has 70 valence electrons. The van der Waals surface area contributed by atoms with Crippen LogP contribution < -0.4 is 0 Å². The summed E-state index contributed by atoms with van der Waals surface area (Å²) in [5, 5.41) is 25.8. The van der Waals surface area contributed by atoms with Crippen molar-refractivity contribution in [2.75, 3.05) is 0 Å². The topological polar surface area (TPSA) is 103 Å². The number of hydrogen-bond donors (Lipinski definition) is 2. The number of benzene rings is 1. The molecule has 0 saturated carbocycles. The normalized spacial score (nSPS) is 9.07. The lowest BCUT2D eigenvalue weighted by Crippen LogP contribution is -2.07. The predicted molar refractivity (Wildman–Crippen MR) is 45.1 cm³/mol. The number of nitrogens with zero attached hydrogens (tertiary/aromatic N) is 2. The molecule has 6 nitrogen and oxygen atoms in total. The Labute approximate surface area is 78.0 Å². The first kappa shape index (κ1) is 9.67. The monoisotopic (exact) mass is 193 g/mol. The number of diazo groups is 1. The highest BCUT2D eigenvalue weighted by molar-refractivity contribution is 6.05. The predicted octanol–water partition coefficient (Wildman–Crippen LogP) is 1.57. The third-order valence-electron chi connectivity index (χ3n) is 1.59. The zero-order chi connectivity index (χ0) is 10.7. The zero-order valence-corrected chi connectivity index (χ0v) is 6.84. The van der Waals surface area contributed by atoms with E-state index in [0.717, 1.165) is 6.07 Å². The first-order valence-electron chi connectivity index (χ1n) is 3.52. The summed E-state index contributed by atoms with van der Waals surface area (Å²) in [5.74, 6) is -2.83. The van der Waals surface area contributed by atoms with E-state index < -0.39 is 23.1 Å². The van der Waals surface area contributed by atoms with E-state index in [1.807, 2.05) is 0 Å². The molecule has 1 rings (SSSR count). The molecule has 0 atom stereocenters. The fourth-order valence-electron chi connectivity index (χ4n) is 1.03. The van der Waals surface area contributed by atoms with Crippen LogP contribution in [0.3, 0.4) is 0 Å². The van der Waals surface area contributed by atoms with Crippen LogP contribution in [0, 0.1) is 5.39 Å². The summed E-state index contributed by atoms with van der Waals surface area (Å²) < 4.78 is 0. The van der Waals surface area contributed by atoms with E-state index in [1.165, 1.54) is 12.1 Å². The van der Waals surface area contributed by atoms with Gasteiger partial charge in [0, 0.05) is 6.07 Å². The maximum absolute atomic E-state index is 10.7. The van der Waals surface area contributed by atoms with E-state index in [4.69, 9.17) is 15.6 Å². The summed E-state index contributed by atoms with van der Waals surface area (Å²) in [6.07, 6.45) is 0. The van der Waals surface area contributed by atoms with Crippen molar-refractivity contribution in [3.05, 3.63) is 34.3 Å². The van der Waals surface area contributed by atoms with Gasteiger partial charge in [-0.05, 0) is 6.07 Å². The number of carbonyl (C=O) groups is 2. The zero-order valence-electron chi connectivity index (χ0n) is 6.84. The summed E-state index contributed by atoms with van der Waals surface area (Å²) in [7, 11) is 0. The van der Waals surface area contributed by atoms with E-state index in [0.29, 0.717) is 0 Å². The van der Waals surface area contributed by atoms with Crippen molar-refractivity contribution in [2.24, 2.45) is 0 Å². The van der Waals surface area contributed by atoms with Gasteiger partial charge >= 0.3 is 17.6 Å². The van der Waals surface area contributed by atoms with Crippen LogP contribution in [0.2, 0.25) is 0 Å². The molecule has 2 N–H and O–H groups in total. The molecule has 0 bridgehead atoms. The van der Waals surface area contributed by atoms with Crippen LogP contribution in [0.1, 0.15) is 20.7 Å². The molecule has 0 aliphatic carbocycles. The van der Waals surface area contributed by atoms with Crippen molar-refractivity contribution in [3.8, 4) is 0 Å². The fourth-order valence-corrected chi connectivity index (χ4v) is 1.03. The summed E-state index contributed by atoms with van der Waals surface area (Å²) in [5.41, 5.74) is -1.22. The van der Waals surface area contributed by atoms with Gasteiger partial charge in [0.2, 0.25) is 5.39 Å². The molecular weight excluding hydrogens is 188 g/mol. The molecule has 0 heterocycles. The summed E-state index contributed by atoms with van der Waals surface area (Å²) in [4.78, 5) is 24.0. The Hall–Kier alpha value is -2.42. The van der Waals surface area contributed by atoms with Crippen LogP contribution in [-0.2, 0) is 0 Å². The van der Waals surface area contributed by atoms with Gasteiger partial charge < -0.3 is 10.2 Å². The highest BCUT2D eigenvalue weighted by Crippen LogP contribution is 2.22. The molecular formula is C8H5N2O4+. The van der Waals surface area contributed by atoms with Gasteiger partial charge in [0.1, 0.15) is 0 Å². The van der Waals surface area contributed by atoms with Crippen LogP contribution in [-0.4, -0.2) is 22.2 Å². The molecule has 0 fully saturated rings. The first-order valence-corrected chi connectivity index (χ1v) is 3.52. The molecule has 1 aromatic rings. The number of hydrogen-bond acceptors (Lipinski definition) is 3. The maximum atomic E-state index is 10.7. The molecule has 0 amide bonds. The third kappa shape index (κ3) is 1.51. The second kappa shape index (κ2) is 3.53. The van der Waals surface area contributed by atoms with Crippen LogP contribution in [0.15, 0.2) is 18.2 Å². The van der Waals surface area contributed by atoms with Crippen LogP contribution >= 0.6 is 0 Å². The van der Waals surface area contributed by atoms with Crippen LogP contribution in [0.5, 0.6) is 0 Å². The van der Waals surface area contributed by atoms with Crippen LogP contribution in [0.4, 0.5) is 5.69 Å². The molecule has 0 spiro atoms. The van der Waals surface area contributed by atoms with Crippen molar-refractivity contribution in [2.45, 2.75) is 0 Å². The third-order valence-corrected chi connectivity index (χ3v) is 1.59. The van der Waals surface area contributed by atoms with Crippen molar-refractivity contribution >= 4 is 17.6 Å². The Bertz CT molecular complexity index is 447. The molecule has 0 aromatic heterocycles. The molecule has 0 aliphatic rings. The van der Waals surface area contributed by atoms with Crippen molar-refractivity contribution in [1.82, 2.24) is 0 Å². The van der Waals surface area contributed by atoms with E-state index in [-0.39, 0.29) is 5.69 Å². The average Bonchev–Trinajstić information content (AvgIpc) is 2.16. The number of aromatic carboxylic acids is 2. The summed E-state index contributed by atoms with van der Waals surface area (Å²) in [6.45, 7) is 0. The van der Waals surface area contributed by atoms with Gasteiger partial charge in [-0.1, -0.05) is 6.07 Å². The largest absolute Gasteiger partial charge is 0.478 e. The fraction of sp³-hybridized carbons (Fsp3) is 0. The number of carboxylic acids is 2. The van der Waals surface area contributed by atoms with Crippen molar-refractivity contribution in [3.63, 3.8) is 0 Å². The summed E-state index contributed by atoms with van der Waals surface area (Å²) in [6, 6.07) is 3.63. The van der Waals surface area contributed by atoms with Gasteiger partial charge in [0.25, 0.3) is 0 Å². The van der Waals surface area contributed by atoms with Crippen LogP contribution in [0.25, 0.3) is 4.98 Å². The first-order chi connectivity index (χ1) is 6.57. The number of rotatable bonds is 2. The van der Waals surface area contributed by atoms with Crippen molar-refractivity contribution < 1.29 is 19.8 Å². The molecule has 0 saturated heterocycles.